The van der Waals surface area contributed by atoms with Crippen molar-refractivity contribution in [3.63, 3.8) is 0 Å². The minimum atomic E-state index is -0.409. The van der Waals surface area contributed by atoms with Crippen LogP contribution in [0.2, 0.25) is 0 Å². The molecule has 3 rings (SSSR count). The molecular weight excluding hydrogens is 316 g/mol. The van der Waals surface area contributed by atoms with E-state index in [1.807, 2.05) is 28.8 Å². The summed E-state index contributed by atoms with van der Waals surface area (Å²) in [7, 11) is 0. The number of primary amides is 1. The Balaban J connectivity index is 1.85. The number of benzene rings is 1. The van der Waals surface area contributed by atoms with E-state index >= 15 is 0 Å². The van der Waals surface area contributed by atoms with Gasteiger partial charge in [-0.05, 0) is 12.1 Å². The van der Waals surface area contributed by atoms with E-state index in [0.717, 1.165) is 11.0 Å². The molecule has 23 heavy (non-hydrogen) atoms. The number of para-hydroxylation sites is 2. The molecule has 0 spiro atoms. The van der Waals surface area contributed by atoms with Crippen molar-refractivity contribution in [2.75, 3.05) is 32.1 Å². The van der Waals surface area contributed by atoms with Crippen LogP contribution in [0, 0.1) is 0 Å². The number of rotatable bonds is 5. The lowest BCUT2D eigenvalue weighted by Gasteiger charge is -2.27. The standard InChI is InChI=1S/C15H18N4O3S/c16-13(20)10-23-15-17-11-3-1-2-4-12(11)19(15)9-14(21)18-5-7-22-8-6-18/h1-4H,5-10H2,(H2,16,20). The molecule has 0 atom stereocenters. The van der Waals surface area contributed by atoms with Gasteiger partial charge in [0, 0.05) is 13.1 Å². The van der Waals surface area contributed by atoms with Gasteiger partial charge in [0.2, 0.25) is 11.8 Å². The van der Waals surface area contributed by atoms with Crippen molar-refractivity contribution in [1.29, 1.82) is 0 Å². The van der Waals surface area contributed by atoms with Crippen molar-refractivity contribution < 1.29 is 14.3 Å². The predicted molar refractivity (Wildman–Crippen MR) is 87.1 cm³/mol. The fraction of sp³-hybridized carbons (Fsp3) is 0.400. The number of morpholine rings is 1. The molecule has 7 nitrogen and oxygen atoms in total. The van der Waals surface area contributed by atoms with Gasteiger partial charge in [0.1, 0.15) is 6.54 Å². The molecule has 1 saturated heterocycles. The molecule has 0 radical (unpaired) electrons. The van der Waals surface area contributed by atoms with Crippen LogP contribution in [0.15, 0.2) is 29.4 Å². The summed E-state index contributed by atoms with van der Waals surface area (Å²) in [5.74, 6) is -0.250. The van der Waals surface area contributed by atoms with Gasteiger partial charge in [-0.25, -0.2) is 4.98 Å². The maximum atomic E-state index is 12.5. The number of amides is 2. The van der Waals surface area contributed by atoms with Gasteiger partial charge in [0.05, 0.1) is 30.0 Å². The van der Waals surface area contributed by atoms with Crippen LogP contribution < -0.4 is 5.73 Å². The van der Waals surface area contributed by atoms with Gasteiger partial charge in [-0.1, -0.05) is 23.9 Å². The Morgan fingerprint density at radius 2 is 2.00 bits per heavy atom. The van der Waals surface area contributed by atoms with Crippen LogP contribution in [0.5, 0.6) is 0 Å². The summed E-state index contributed by atoms with van der Waals surface area (Å²) in [6, 6.07) is 7.61. The van der Waals surface area contributed by atoms with Crippen LogP contribution in [-0.4, -0.2) is 58.3 Å². The highest BCUT2D eigenvalue weighted by atomic mass is 32.2. The first-order valence-electron chi connectivity index (χ1n) is 7.37. The van der Waals surface area contributed by atoms with Crippen molar-refractivity contribution in [3.8, 4) is 0 Å². The average Bonchev–Trinajstić information content (AvgIpc) is 2.91. The van der Waals surface area contributed by atoms with Gasteiger partial charge in [0.25, 0.3) is 0 Å². The lowest BCUT2D eigenvalue weighted by Crippen LogP contribution is -2.42. The Morgan fingerprint density at radius 3 is 2.74 bits per heavy atom. The first kappa shape index (κ1) is 15.8. The predicted octanol–water partition coefficient (Wildman–Crippen LogP) is 0.472. The fourth-order valence-electron chi connectivity index (χ4n) is 2.50. The van der Waals surface area contributed by atoms with E-state index in [2.05, 4.69) is 4.98 Å². The minimum Gasteiger partial charge on any atom is -0.378 e. The zero-order valence-electron chi connectivity index (χ0n) is 12.6. The van der Waals surface area contributed by atoms with Crippen LogP contribution in [0.25, 0.3) is 11.0 Å². The molecule has 1 aromatic heterocycles. The second-order valence-electron chi connectivity index (χ2n) is 5.22. The van der Waals surface area contributed by atoms with Gasteiger partial charge in [-0.3, -0.25) is 9.59 Å². The zero-order valence-corrected chi connectivity index (χ0v) is 13.4. The molecule has 2 amide bonds. The smallest absolute Gasteiger partial charge is 0.242 e. The Morgan fingerprint density at radius 1 is 1.26 bits per heavy atom. The number of nitrogens with zero attached hydrogens (tertiary/aromatic N) is 3. The van der Waals surface area contributed by atoms with E-state index in [1.165, 1.54) is 11.8 Å². The highest BCUT2D eigenvalue weighted by Crippen LogP contribution is 2.24. The topological polar surface area (TPSA) is 90.5 Å². The summed E-state index contributed by atoms with van der Waals surface area (Å²) in [6.45, 7) is 2.55. The summed E-state index contributed by atoms with van der Waals surface area (Å²) in [6.07, 6.45) is 0. The molecule has 2 heterocycles. The summed E-state index contributed by atoms with van der Waals surface area (Å²) >= 11 is 1.25. The van der Waals surface area contributed by atoms with E-state index in [-0.39, 0.29) is 18.2 Å². The molecule has 8 heteroatoms. The number of ether oxygens (including phenoxy) is 1. The van der Waals surface area contributed by atoms with Gasteiger partial charge >= 0.3 is 0 Å². The summed E-state index contributed by atoms with van der Waals surface area (Å²) in [5.41, 5.74) is 6.89. The molecule has 1 fully saturated rings. The highest BCUT2D eigenvalue weighted by molar-refractivity contribution is 7.99. The molecule has 0 aliphatic carbocycles. The number of imidazole rings is 1. The average molecular weight is 334 g/mol. The lowest BCUT2D eigenvalue weighted by atomic mass is 10.3. The van der Waals surface area contributed by atoms with E-state index in [4.69, 9.17) is 10.5 Å². The van der Waals surface area contributed by atoms with Crippen LogP contribution in [0.4, 0.5) is 0 Å². The second-order valence-corrected chi connectivity index (χ2v) is 6.16. The number of carbonyl (C=O) groups excluding carboxylic acids is 2. The monoisotopic (exact) mass is 334 g/mol. The van der Waals surface area contributed by atoms with Gasteiger partial charge < -0.3 is 19.9 Å². The van der Waals surface area contributed by atoms with Crippen molar-refractivity contribution >= 4 is 34.6 Å². The fourth-order valence-corrected chi connectivity index (χ4v) is 3.25. The molecule has 1 aliphatic heterocycles. The van der Waals surface area contributed by atoms with Crippen molar-refractivity contribution in [3.05, 3.63) is 24.3 Å². The van der Waals surface area contributed by atoms with Gasteiger partial charge in [-0.15, -0.1) is 0 Å². The van der Waals surface area contributed by atoms with Crippen molar-refractivity contribution in [1.82, 2.24) is 14.5 Å². The normalized spacial score (nSPS) is 15.0. The van der Waals surface area contributed by atoms with Gasteiger partial charge in [-0.2, -0.15) is 0 Å². The minimum absolute atomic E-state index is 0.0254. The molecule has 1 aliphatic rings. The van der Waals surface area contributed by atoms with Gasteiger partial charge in [0.15, 0.2) is 5.16 Å². The first-order valence-corrected chi connectivity index (χ1v) is 8.35. The summed E-state index contributed by atoms with van der Waals surface area (Å²) in [4.78, 5) is 29.9. The third-order valence-electron chi connectivity index (χ3n) is 3.62. The second kappa shape index (κ2) is 7.01. The molecule has 2 aromatic rings. The van der Waals surface area contributed by atoms with Crippen LogP contribution in [0.3, 0.4) is 0 Å². The molecule has 0 unspecified atom stereocenters. The summed E-state index contributed by atoms with van der Waals surface area (Å²) < 4.78 is 7.12. The van der Waals surface area contributed by atoms with E-state index in [9.17, 15) is 9.59 Å². The van der Waals surface area contributed by atoms with Crippen molar-refractivity contribution in [2.45, 2.75) is 11.7 Å². The quantitative estimate of drug-likeness (QED) is 0.803. The number of hydrogen-bond donors (Lipinski definition) is 1. The molecule has 0 saturated carbocycles. The Bertz CT molecular complexity index is 725. The number of carbonyl (C=O) groups is 2. The van der Waals surface area contributed by atoms with Crippen LogP contribution >= 0.6 is 11.8 Å². The van der Waals surface area contributed by atoms with Crippen molar-refractivity contribution in [2.24, 2.45) is 5.73 Å². The van der Waals surface area contributed by atoms with Crippen LogP contribution in [0.1, 0.15) is 0 Å². The van der Waals surface area contributed by atoms with E-state index < -0.39 is 5.91 Å². The lowest BCUT2D eigenvalue weighted by molar-refractivity contribution is -0.135. The van der Waals surface area contributed by atoms with E-state index in [0.29, 0.717) is 31.5 Å². The first-order chi connectivity index (χ1) is 11.1. The Hall–Kier alpha value is -2.06. The number of nitrogens with two attached hydrogens (primary N) is 1. The highest BCUT2D eigenvalue weighted by Gasteiger charge is 2.20. The maximum absolute atomic E-state index is 12.5. The Kier molecular flexibility index (Phi) is 4.82. The number of thioether (sulfide) groups is 1. The third-order valence-corrected chi connectivity index (χ3v) is 4.62. The van der Waals surface area contributed by atoms with Crippen LogP contribution in [-0.2, 0) is 20.9 Å². The maximum Gasteiger partial charge on any atom is 0.242 e. The summed E-state index contributed by atoms with van der Waals surface area (Å²) in [5, 5.41) is 0.631. The third kappa shape index (κ3) is 3.65. The molecule has 0 bridgehead atoms. The molecule has 2 N–H and O–H groups in total. The molecule has 122 valence electrons. The molecule has 1 aromatic carbocycles. The molecular formula is C15H18N4O3S. The van der Waals surface area contributed by atoms with E-state index in [1.54, 1.807) is 4.90 Å². The number of aromatic nitrogens is 2. The SMILES string of the molecule is NC(=O)CSc1nc2ccccc2n1CC(=O)N1CCOCC1. The number of fused-ring (bicyclic) bond motifs is 1. The largest absolute Gasteiger partial charge is 0.378 e. The Labute approximate surface area is 137 Å². The number of hydrogen-bond acceptors (Lipinski definition) is 5. The zero-order chi connectivity index (χ0) is 16.2.